The number of non-ortho nitro benzene ring substituents is 1. The highest BCUT2D eigenvalue weighted by Gasteiger charge is 2.35. The van der Waals surface area contributed by atoms with Crippen LogP contribution in [0.2, 0.25) is 5.02 Å². The molecule has 0 radical (unpaired) electrons. The number of para-hydroxylation sites is 1. The topological polar surface area (TPSA) is 126 Å². The van der Waals surface area contributed by atoms with Crippen molar-refractivity contribution in [2.24, 2.45) is 4.99 Å². The first-order valence-electron chi connectivity index (χ1n) is 12.7. The number of fused-ring (bicyclic) bond motifs is 1. The highest BCUT2D eigenvalue weighted by atomic mass is 35.5. The summed E-state index contributed by atoms with van der Waals surface area (Å²) in [7, 11) is 0. The van der Waals surface area contributed by atoms with E-state index in [4.69, 9.17) is 25.5 Å². The number of halogens is 1. The number of nitro benzene ring substituents is 1. The number of rotatable bonds is 8. The Morgan fingerprint density at radius 3 is 2.71 bits per heavy atom. The second kappa shape index (κ2) is 11.6. The van der Waals surface area contributed by atoms with Gasteiger partial charge in [0.2, 0.25) is 0 Å². The number of benzene rings is 2. The summed E-state index contributed by atoms with van der Waals surface area (Å²) >= 11 is 7.42. The Morgan fingerprint density at radius 2 is 1.98 bits per heavy atom. The van der Waals surface area contributed by atoms with Crippen LogP contribution in [0.3, 0.4) is 0 Å². The van der Waals surface area contributed by atoms with Crippen LogP contribution in [0.5, 0.6) is 5.75 Å². The van der Waals surface area contributed by atoms with Gasteiger partial charge in [-0.2, -0.15) is 0 Å². The van der Waals surface area contributed by atoms with Crippen LogP contribution in [0.25, 0.3) is 17.4 Å². The summed E-state index contributed by atoms with van der Waals surface area (Å²) in [5.74, 6) is 0.613. The van der Waals surface area contributed by atoms with Crippen LogP contribution in [0.1, 0.15) is 38.1 Å². The Kier molecular flexibility index (Phi) is 7.91. The molecule has 0 spiro atoms. The lowest BCUT2D eigenvalue weighted by Crippen LogP contribution is -2.40. The van der Waals surface area contributed by atoms with Gasteiger partial charge in [-0.1, -0.05) is 41.1 Å². The number of furan rings is 1. The molecule has 4 aromatic rings. The fourth-order valence-electron chi connectivity index (χ4n) is 4.60. The van der Waals surface area contributed by atoms with E-state index in [9.17, 15) is 19.7 Å². The molecular formula is C29H24ClN3O7S. The second-order valence-electron chi connectivity index (χ2n) is 8.90. The van der Waals surface area contributed by atoms with E-state index in [-0.39, 0.29) is 28.4 Å². The van der Waals surface area contributed by atoms with Gasteiger partial charge in [0, 0.05) is 29.3 Å². The van der Waals surface area contributed by atoms with Gasteiger partial charge in [0.1, 0.15) is 23.3 Å². The number of nitrogens with zero attached hydrogens (tertiary/aromatic N) is 3. The molecule has 12 heteroatoms. The van der Waals surface area contributed by atoms with Crippen molar-refractivity contribution in [2.45, 2.75) is 26.8 Å². The summed E-state index contributed by atoms with van der Waals surface area (Å²) in [6.45, 7) is 5.83. The van der Waals surface area contributed by atoms with Crippen molar-refractivity contribution >= 4 is 40.7 Å². The van der Waals surface area contributed by atoms with Gasteiger partial charge in [-0.15, -0.1) is 0 Å². The summed E-state index contributed by atoms with van der Waals surface area (Å²) in [4.78, 5) is 42.7. The van der Waals surface area contributed by atoms with Gasteiger partial charge in [-0.3, -0.25) is 19.5 Å². The monoisotopic (exact) mass is 593 g/mol. The molecule has 0 bridgehead atoms. The Balaban J connectivity index is 1.65. The summed E-state index contributed by atoms with van der Waals surface area (Å²) in [6, 6.07) is 13.7. The third-order valence-electron chi connectivity index (χ3n) is 6.36. The second-order valence-corrected chi connectivity index (χ2v) is 10.3. The van der Waals surface area contributed by atoms with E-state index in [1.54, 1.807) is 38.1 Å². The Labute approximate surface area is 242 Å². The Morgan fingerprint density at radius 1 is 1.20 bits per heavy atom. The molecule has 1 aliphatic heterocycles. The summed E-state index contributed by atoms with van der Waals surface area (Å²) in [5.41, 5.74) is 1.15. The number of thiazole rings is 1. The number of carbonyl (C=O) groups is 1. The van der Waals surface area contributed by atoms with Crippen LogP contribution in [0, 0.1) is 10.1 Å². The van der Waals surface area contributed by atoms with Crippen LogP contribution >= 0.6 is 22.9 Å². The molecule has 0 aliphatic carbocycles. The highest BCUT2D eigenvalue weighted by molar-refractivity contribution is 7.07. The zero-order valence-electron chi connectivity index (χ0n) is 22.3. The number of esters is 1. The average Bonchev–Trinajstić information content (AvgIpc) is 3.53. The Bertz CT molecular complexity index is 1890. The minimum Gasteiger partial charge on any atom is -0.494 e. The summed E-state index contributed by atoms with van der Waals surface area (Å²) in [6.07, 6.45) is 1.56. The molecular weight excluding hydrogens is 570 g/mol. The molecule has 0 saturated carbocycles. The minimum absolute atomic E-state index is 0.129. The van der Waals surface area contributed by atoms with Crippen LogP contribution in [-0.4, -0.2) is 28.7 Å². The van der Waals surface area contributed by atoms with Crippen molar-refractivity contribution in [1.82, 2.24) is 4.57 Å². The third kappa shape index (κ3) is 5.33. The number of carbonyl (C=O) groups excluding carboxylic acids is 1. The standard InChI is InChI=1S/C29H24ClN3O7S/c1-4-38-22-9-7-6-8-19(22)26-25(28(35)39-5-2)16(3)31-29-32(26)27(34)24(41-29)15-18-11-13-23(40-18)20-14-17(33(36)37)10-12-21(20)30/h6-15,26H,4-5H2,1-3H3/b24-15-/t26-/m0/s1. The van der Waals surface area contributed by atoms with E-state index in [1.165, 1.54) is 22.8 Å². The lowest BCUT2D eigenvalue weighted by atomic mass is 9.95. The predicted octanol–water partition coefficient (Wildman–Crippen LogP) is 5.02. The molecule has 0 fully saturated rings. The van der Waals surface area contributed by atoms with Gasteiger partial charge in [-0.05, 0) is 45.0 Å². The van der Waals surface area contributed by atoms with Gasteiger partial charge in [0.25, 0.3) is 11.2 Å². The number of aromatic nitrogens is 1. The van der Waals surface area contributed by atoms with E-state index in [0.717, 1.165) is 11.3 Å². The van der Waals surface area contributed by atoms with Gasteiger partial charge in [-0.25, -0.2) is 9.79 Å². The molecule has 2 aromatic carbocycles. The number of hydrogen-bond acceptors (Lipinski definition) is 9. The quantitative estimate of drug-likeness (QED) is 0.159. The van der Waals surface area contributed by atoms with Crippen LogP contribution < -0.4 is 19.6 Å². The maximum absolute atomic E-state index is 13.9. The first kappa shape index (κ1) is 28.1. The number of allylic oxidation sites excluding steroid dienone is 1. The molecule has 5 rings (SSSR count). The van der Waals surface area contributed by atoms with Gasteiger partial charge in [0.15, 0.2) is 4.80 Å². The van der Waals surface area contributed by atoms with Crippen molar-refractivity contribution in [2.75, 3.05) is 13.2 Å². The molecule has 3 heterocycles. The normalized spacial score (nSPS) is 14.9. The van der Waals surface area contributed by atoms with E-state index in [0.29, 0.717) is 50.0 Å². The first-order valence-corrected chi connectivity index (χ1v) is 13.9. The molecule has 0 unspecified atom stereocenters. The largest absolute Gasteiger partial charge is 0.494 e. The fraction of sp³-hybridized carbons (Fsp3) is 0.207. The molecule has 41 heavy (non-hydrogen) atoms. The lowest BCUT2D eigenvalue weighted by molar-refractivity contribution is -0.384. The van der Waals surface area contributed by atoms with E-state index >= 15 is 0 Å². The third-order valence-corrected chi connectivity index (χ3v) is 7.67. The van der Waals surface area contributed by atoms with Gasteiger partial charge in [0.05, 0.1) is 39.0 Å². The number of nitro groups is 1. The molecule has 1 atom stereocenters. The smallest absolute Gasteiger partial charge is 0.338 e. The molecule has 0 amide bonds. The fourth-order valence-corrected chi connectivity index (χ4v) is 5.84. The zero-order valence-corrected chi connectivity index (χ0v) is 23.8. The van der Waals surface area contributed by atoms with Crippen molar-refractivity contribution in [3.63, 3.8) is 0 Å². The highest BCUT2D eigenvalue weighted by Crippen LogP contribution is 2.36. The summed E-state index contributed by atoms with van der Waals surface area (Å²) in [5, 5.41) is 11.5. The van der Waals surface area contributed by atoms with E-state index in [2.05, 4.69) is 4.99 Å². The van der Waals surface area contributed by atoms with Crippen molar-refractivity contribution in [3.05, 3.63) is 112 Å². The van der Waals surface area contributed by atoms with Crippen molar-refractivity contribution in [1.29, 1.82) is 0 Å². The Hall–Kier alpha value is -4.48. The molecule has 0 N–H and O–H groups in total. The SMILES string of the molecule is CCOC(=O)C1=C(C)N=c2s/c(=C\c3ccc(-c4cc([N+](=O)[O-])ccc4Cl)o3)c(=O)n2[C@H]1c1ccccc1OCC. The zero-order chi connectivity index (χ0) is 29.3. The van der Waals surface area contributed by atoms with E-state index in [1.807, 2.05) is 25.1 Å². The first-order chi connectivity index (χ1) is 19.7. The lowest BCUT2D eigenvalue weighted by Gasteiger charge is -2.26. The van der Waals surface area contributed by atoms with Crippen LogP contribution in [0.15, 0.2) is 80.1 Å². The summed E-state index contributed by atoms with van der Waals surface area (Å²) < 4.78 is 18.9. The van der Waals surface area contributed by atoms with Crippen LogP contribution in [-0.2, 0) is 9.53 Å². The van der Waals surface area contributed by atoms with Crippen LogP contribution in [0.4, 0.5) is 5.69 Å². The van der Waals surface area contributed by atoms with Crippen molar-refractivity contribution < 1.29 is 23.6 Å². The maximum Gasteiger partial charge on any atom is 0.338 e. The molecule has 0 saturated heterocycles. The molecule has 2 aromatic heterocycles. The number of hydrogen-bond donors (Lipinski definition) is 0. The van der Waals surface area contributed by atoms with Crippen molar-refractivity contribution in [3.8, 4) is 17.1 Å². The average molecular weight is 594 g/mol. The molecule has 210 valence electrons. The minimum atomic E-state index is -0.828. The molecule has 1 aliphatic rings. The maximum atomic E-state index is 13.9. The van der Waals surface area contributed by atoms with Gasteiger partial charge >= 0.3 is 5.97 Å². The van der Waals surface area contributed by atoms with Gasteiger partial charge < -0.3 is 13.9 Å². The predicted molar refractivity (Wildman–Crippen MR) is 154 cm³/mol. The van der Waals surface area contributed by atoms with E-state index < -0.39 is 16.9 Å². The number of ether oxygens (including phenoxy) is 2. The molecule has 10 nitrogen and oxygen atoms in total.